The predicted octanol–water partition coefficient (Wildman–Crippen LogP) is 6.03. The van der Waals surface area contributed by atoms with Crippen LogP contribution in [0.3, 0.4) is 0 Å². The smallest absolute Gasteiger partial charge is 0.216 e. The molecule has 0 bridgehead atoms. The summed E-state index contributed by atoms with van der Waals surface area (Å²) in [5.41, 5.74) is 1.12. The van der Waals surface area contributed by atoms with E-state index in [9.17, 15) is 5.11 Å². The summed E-state index contributed by atoms with van der Waals surface area (Å²) in [6, 6.07) is 8.50. The molecule has 0 fully saturated rings. The summed E-state index contributed by atoms with van der Waals surface area (Å²) in [4.78, 5) is 0. The molecule has 25 heavy (non-hydrogen) atoms. The van der Waals surface area contributed by atoms with Crippen LogP contribution < -0.4 is 0 Å². The van der Waals surface area contributed by atoms with Crippen molar-refractivity contribution in [3.05, 3.63) is 59.7 Å². The van der Waals surface area contributed by atoms with Crippen LogP contribution in [0.1, 0.15) is 5.56 Å². The molecule has 128 valence electrons. The summed E-state index contributed by atoms with van der Waals surface area (Å²) in [6.45, 7) is 0. The van der Waals surface area contributed by atoms with Gasteiger partial charge in [0, 0.05) is 20.6 Å². The van der Waals surface area contributed by atoms with Gasteiger partial charge in [-0.1, -0.05) is 39.1 Å². The largest absolute Gasteiger partial charge is 0.506 e. The summed E-state index contributed by atoms with van der Waals surface area (Å²) in [5, 5.41) is 22.2. The molecule has 3 rings (SSSR count). The van der Waals surface area contributed by atoms with Crippen molar-refractivity contribution < 1.29 is 5.11 Å². The number of aromatic nitrogens is 3. The number of hydrogen-bond acceptors (Lipinski definition) is 4. The maximum absolute atomic E-state index is 10.1. The molecule has 2 N–H and O–H groups in total. The molecule has 0 aliphatic carbocycles. The topological polar surface area (TPSA) is 66.2 Å². The molecule has 0 atom stereocenters. The second-order valence-electron chi connectivity index (χ2n) is 4.86. The third-order valence-electron chi connectivity index (χ3n) is 3.19. The number of nitrogens with zero attached hydrogens (tertiary/aromatic N) is 3. The van der Waals surface area contributed by atoms with Crippen molar-refractivity contribution in [3.63, 3.8) is 0 Å². The molecular weight excluding hydrogens is 515 g/mol. The molecule has 2 aromatic carbocycles. The van der Waals surface area contributed by atoms with Crippen LogP contribution in [0.15, 0.2) is 44.4 Å². The van der Waals surface area contributed by atoms with Crippen LogP contribution in [0.2, 0.25) is 10.0 Å². The van der Waals surface area contributed by atoms with E-state index in [-0.39, 0.29) is 10.5 Å². The van der Waals surface area contributed by atoms with Gasteiger partial charge < -0.3 is 5.11 Å². The van der Waals surface area contributed by atoms with Gasteiger partial charge in [-0.3, -0.25) is 0 Å². The van der Waals surface area contributed by atoms with E-state index < -0.39 is 0 Å². The highest BCUT2D eigenvalue weighted by Crippen LogP contribution is 2.31. The first-order chi connectivity index (χ1) is 11.9. The number of phenolic OH excluding ortho intramolecular Hbond substituents is 1. The van der Waals surface area contributed by atoms with Crippen molar-refractivity contribution in [3.8, 4) is 17.1 Å². The number of benzene rings is 2. The fourth-order valence-electron chi connectivity index (χ4n) is 2.05. The Bertz CT molecular complexity index is 1050. The maximum Gasteiger partial charge on any atom is 0.216 e. The Kier molecular flexibility index (Phi) is 5.65. The van der Waals surface area contributed by atoms with Crippen molar-refractivity contribution >= 4 is 73.5 Å². The van der Waals surface area contributed by atoms with E-state index in [0.29, 0.717) is 31.5 Å². The minimum absolute atomic E-state index is 0.0630. The minimum Gasteiger partial charge on any atom is -0.506 e. The van der Waals surface area contributed by atoms with E-state index in [4.69, 9.17) is 35.4 Å². The fraction of sp³-hybridized carbons (Fsp3) is 0. The zero-order valence-corrected chi connectivity index (χ0v) is 17.7. The first kappa shape index (κ1) is 18.6. The van der Waals surface area contributed by atoms with Crippen LogP contribution >= 0.6 is 67.3 Å². The van der Waals surface area contributed by atoms with Gasteiger partial charge in [-0.25, -0.2) is 5.10 Å². The Labute approximate surface area is 174 Å². The molecule has 1 aromatic heterocycles. The standard InChI is InChI=1S/C15H8Br2Cl2N4OS/c16-8-3-7(13(24)11(17)4-8)6-20-23-14(21-22-15(23)25)10-2-1-9(18)5-12(10)19/h1-6,24H,(H,22,25)/b20-6-. The van der Waals surface area contributed by atoms with Gasteiger partial charge in [0.1, 0.15) is 5.75 Å². The summed E-state index contributed by atoms with van der Waals surface area (Å²) in [7, 11) is 0. The van der Waals surface area contributed by atoms with Gasteiger partial charge in [-0.15, -0.1) is 0 Å². The maximum atomic E-state index is 10.1. The quantitative estimate of drug-likeness (QED) is 0.326. The first-order valence-corrected chi connectivity index (χ1v) is 9.47. The normalized spacial score (nSPS) is 11.4. The summed E-state index contributed by atoms with van der Waals surface area (Å²) >= 11 is 24.0. The second-order valence-corrected chi connectivity index (χ2v) is 7.86. The SMILES string of the molecule is Oc1c(Br)cc(Br)cc1/C=N\n1c(-c2ccc(Cl)cc2Cl)n[nH]c1=S. The number of aromatic hydroxyl groups is 1. The molecule has 0 saturated carbocycles. The summed E-state index contributed by atoms with van der Waals surface area (Å²) in [6.07, 6.45) is 1.48. The van der Waals surface area contributed by atoms with Gasteiger partial charge in [0.25, 0.3) is 0 Å². The number of phenols is 1. The van der Waals surface area contributed by atoms with E-state index in [1.165, 1.54) is 10.9 Å². The van der Waals surface area contributed by atoms with Gasteiger partial charge in [0.05, 0.1) is 15.7 Å². The molecule has 0 unspecified atom stereocenters. The molecule has 5 nitrogen and oxygen atoms in total. The number of rotatable bonds is 3. The van der Waals surface area contributed by atoms with E-state index in [1.54, 1.807) is 30.3 Å². The van der Waals surface area contributed by atoms with Gasteiger partial charge in [-0.05, 0) is 58.5 Å². The highest BCUT2D eigenvalue weighted by molar-refractivity contribution is 9.11. The molecule has 0 radical (unpaired) electrons. The van der Waals surface area contributed by atoms with Crippen molar-refractivity contribution in [1.29, 1.82) is 0 Å². The van der Waals surface area contributed by atoms with Crippen LogP contribution in [0.5, 0.6) is 5.75 Å². The Balaban J connectivity index is 2.08. The lowest BCUT2D eigenvalue weighted by Gasteiger charge is -2.05. The minimum atomic E-state index is 0.0630. The van der Waals surface area contributed by atoms with Gasteiger partial charge in [0.2, 0.25) is 4.77 Å². The number of hydrogen-bond donors (Lipinski definition) is 2. The molecule has 3 aromatic rings. The number of halogens is 4. The van der Waals surface area contributed by atoms with Crippen LogP contribution in [-0.4, -0.2) is 26.2 Å². The molecule has 0 amide bonds. The van der Waals surface area contributed by atoms with Gasteiger partial charge in [-0.2, -0.15) is 14.9 Å². The van der Waals surface area contributed by atoms with Crippen molar-refractivity contribution in [2.24, 2.45) is 5.10 Å². The van der Waals surface area contributed by atoms with Crippen LogP contribution in [0.4, 0.5) is 0 Å². The fourth-order valence-corrected chi connectivity index (χ4v) is 3.98. The number of nitrogens with one attached hydrogen (secondary N) is 1. The molecular formula is C15H8Br2Cl2N4OS. The summed E-state index contributed by atoms with van der Waals surface area (Å²) < 4.78 is 3.03. The van der Waals surface area contributed by atoms with Gasteiger partial charge >= 0.3 is 0 Å². The number of aromatic amines is 1. The molecule has 1 heterocycles. The molecule has 0 spiro atoms. The van der Waals surface area contributed by atoms with Gasteiger partial charge in [0.15, 0.2) is 5.82 Å². The Morgan fingerprint density at radius 3 is 2.72 bits per heavy atom. The Morgan fingerprint density at radius 2 is 2.00 bits per heavy atom. The highest BCUT2D eigenvalue weighted by atomic mass is 79.9. The third kappa shape index (κ3) is 3.98. The lowest BCUT2D eigenvalue weighted by atomic mass is 10.2. The van der Waals surface area contributed by atoms with E-state index >= 15 is 0 Å². The average molecular weight is 523 g/mol. The first-order valence-electron chi connectivity index (χ1n) is 6.72. The second kappa shape index (κ2) is 7.59. The van der Waals surface area contributed by atoms with E-state index in [0.717, 1.165) is 4.47 Å². The lowest BCUT2D eigenvalue weighted by molar-refractivity contribution is 0.471. The monoisotopic (exact) mass is 520 g/mol. The zero-order chi connectivity index (χ0) is 18.1. The van der Waals surface area contributed by atoms with Crippen LogP contribution in [0, 0.1) is 4.77 Å². The van der Waals surface area contributed by atoms with E-state index in [1.807, 2.05) is 0 Å². The highest BCUT2D eigenvalue weighted by Gasteiger charge is 2.13. The van der Waals surface area contributed by atoms with Crippen molar-refractivity contribution in [1.82, 2.24) is 14.9 Å². The van der Waals surface area contributed by atoms with Crippen molar-refractivity contribution in [2.75, 3.05) is 0 Å². The van der Waals surface area contributed by atoms with E-state index in [2.05, 4.69) is 47.2 Å². The lowest BCUT2D eigenvalue weighted by Crippen LogP contribution is -1.96. The zero-order valence-electron chi connectivity index (χ0n) is 12.2. The molecule has 10 heteroatoms. The van der Waals surface area contributed by atoms with Crippen LogP contribution in [-0.2, 0) is 0 Å². The number of H-pyrrole nitrogens is 1. The molecule has 0 aliphatic rings. The Hall–Kier alpha value is -1.19. The predicted molar refractivity (Wildman–Crippen MR) is 109 cm³/mol. The molecule has 0 saturated heterocycles. The average Bonchev–Trinajstić information content (AvgIpc) is 2.90. The summed E-state index contributed by atoms with van der Waals surface area (Å²) in [5.74, 6) is 0.490. The Morgan fingerprint density at radius 1 is 1.24 bits per heavy atom. The third-order valence-corrected chi connectivity index (χ3v) is 5.07. The van der Waals surface area contributed by atoms with Crippen molar-refractivity contribution in [2.45, 2.75) is 0 Å². The molecule has 0 aliphatic heterocycles. The van der Waals surface area contributed by atoms with Crippen LogP contribution in [0.25, 0.3) is 11.4 Å².